The molecule has 1 atom stereocenters. The van der Waals surface area contributed by atoms with Gasteiger partial charge in [-0.1, -0.05) is 13.8 Å². The van der Waals surface area contributed by atoms with Gasteiger partial charge in [-0.25, -0.2) is 0 Å². The molecule has 0 spiro atoms. The van der Waals surface area contributed by atoms with Gasteiger partial charge in [0.2, 0.25) is 5.91 Å². The van der Waals surface area contributed by atoms with Crippen molar-refractivity contribution in [3.63, 3.8) is 0 Å². The first-order chi connectivity index (χ1) is 9.27. The molecule has 1 amide bonds. The number of methoxy groups -OCH3 is 1. The van der Waals surface area contributed by atoms with Crippen LogP contribution < -0.4 is 5.32 Å². The summed E-state index contributed by atoms with van der Waals surface area (Å²) in [7, 11) is 1.34. The van der Waals surface area contributed by atoms with E-state index < -0.39 is 17.6 Å². The summed E-state index contributed by atoms with van der Waals surface area (Å²) >= 11 is 0. The normalized spacial score (nSPS) is 13.1. The standard InChI is InChI=1S/C14H18F3NO2/c1-4-9(2)10-5-11(14(15,16)17)7-12(6-10)18-13(19)8-20-3/h5-7,9H,4,8H2,1-3H3,(H,18,19). The van der Waals surface area contributed by atoms with Gasteiger partial charge in [0.05, 0.1) is 5.56 Å². The number of carbonyl (C=O) groups excluding carboxylic acids is 1. The Morgan fingerprint density at radius 3 is 2.50 bits per heavy atom. The van der Waals surface area contributed by atoms with Crippen LogP contribution in [0.15, 0.2) is 18.2 Å². The predicted molar refractivity (Wildman–Crippen MR) is 70.7 cm³/mol. The van der Waals surface area contributed by atoms with Gasteiger partial charge in [-0.15, -0.1) is 0 Å². The van der Waals surface area contributed by atoms with Gasteiger partial charge in [-0.3, -0.25) is 4.79 Å². The molecule has 0 bridgehead atoms. The van der Waals surface area contributed by atoms with Gasteiger partial charge in [-0.2, -0.15) is 13.2 Å². The van der Waals surface area contributed by atoms with Crippen LogP contribution >= 0.6 is 0 Å². The van der Waals surface area contributed by atoms with Crippen LogP contribution in [0.2, 0.25) is 0 Å². The molecule has 0 aliphatic heterocycles. The van der Waals surface area contributed by atoms with Crippen molar-refractivity contribution in [2.45, 2.75) is 32.4 Å². The molecule has 0 aromatic heterocycles. The fourth-order valence-corrected chi connectivity index (χ4v) is 1.74. The Labute approximate surface area is 116 Å². The van der Waals surface area contributed by atoms with Crippen molar-refractivity contribution in [3.05, 3.63) is 29.3 Å². The molecular weight excluding hydrogens is 271 g/mol. The van der Waals surface area contributed by atoms with Gasteiger partial charge in [-0.05, 0) is 36.1 Å². The number of benzene rings is 1. The molecule has 112 valence electrons. The van der Waals surface area contributed by atoms with Gasteiger partial charge in [0.1, 0.15) is 6.61 Å². The largest absolute Gasteiger partial charge is 0.416 e. The van der Waals surface area contributed by atoms with Crippen molar-refractivity contribution in [1.82, 2.24) is 0 Å². The highest BCUT2D eigenvalue weighted by Crippen LogP contribution is 2.34. The number of nitrogens with one attached hydrogen (secondary N) is 1. The Kier molecular flexibility index (Phi) is 5.56. The molecule has 3 nitrogen and oxygen atoms in total. The van der Waals surface area contributed by atoms with Crippen LogP contribution in [0.1, 0.15) is 37.3 Å². The van der Waals surface area contributed by atoms with E-state index in [-0.39, 0.29) is 18.2 Å². The van der Waals surface area contributed by atoms with Gasteiger partial charge in [0.15, 0.2) is 0 Å². The van der Waals surface area contributed by atoms with Crippen LogP contribution in [0, 0.1) is 0 Å². The topological polar surface area (TPSA) is 38.3 Å². The molecule has 1 aromatic rings. The fraction of sp³-hybridized carbons (Fsp3) is 0.500. The Balaban J connectivity index is 3.13. The molecule has 1 rings (SSSR count). The zero-order chi connectivity index (χ0) is 15.3. The predicted octanol–water partition coefficient (Wildman–Crippen LogP) is 3.80. The lowest BCUT2D eigenvalue weighted by Gasteiger charge is -2.16. The summed E-state index contributed by atoms with van der Waals surface area (Å²) in [6.07, 6.45) is -3.73. The molecule has 0 saturated carbocycles. The zero-order valence-electron chi connectivity index (χ0n) is 11.7. The Morgan fingerprint density at radius 1 is 1.35 bits per heavy atom. The van der Waals surface area contributed by atoms with Crippen LogP contribution in [0.5, 0.6) is 0 Å². The minimum Gasteiger partial charge on any atom is -0.375 e. The fourth-order valence-electron chi connectivity index (χ4n) is 1.74. The summed E-state index contributed by atoms with van der Waals surface area (Å²) in [5, 5.41) is 2.41. The van der Waals surface area contributed by atoms with Crippen LogP contribution in [-0.2, 0) is 15.7 Å². The third-order valence-corrected chi connectivity index (χ3v) is 3.02. The Morgan fingerprint density at radius 2 is 2.00 bits per heavy atom. The second-order valence-electron chi connectivity index (χ2n) is 4.63. The molecule has 6 heteroatoms. The lowest BCUT2D eigenvalue weighted by Crippen LogP contribution is -2.18. The van der Waals surface area contributed by atoms with Gasteiger partial charge >= 0.3 is 6.18 Å². The van der Waals surface area contributed by atoms with Crippen LogP contribution in [0.25, 0.3) is 0 Å². The van der Waals surface area contributed by atoms with Crippen molar-refractivity contribution in [3.8, 4) is 0 Å². The van der Waals surface area contributed by atoms with E-state index in [9.17, 15) is 18.0 Å². The maximum Gasteiger partial charge on any atom is 0.416 e. The third kappa shape index (κ3) is 4.52. The molecule has 1 N–H and O–H groups in total. The molecule has 0 heterocycles. The first-order valence-electron chi connectivity index (χ1n) is 6.28. The number of anilines is 1. The first-order valence-corrected chi connectivity index (χ1v) is 6.28. The minimum atomic E-state index is -4.44. The van der Waals surface area contributed by atoms with Crippen molar-refractivity contribution >= 4 is 11.6 Å². The molecule has 0 radical (unpaired) electrons. The van der Waals surface area contributed by atoms with Crippen molar-refractivity contribution in [2.24, 2.45) is 0 Å². The van der Waals surface area contributed by atoms with Gasteiger partial charge < -0.3 is 10.1 Å². The van der Waals surface area contributed by atoms with Gasteiger partial charge in [0.25, 0.3) is 0 Å². The molecule has 0 fully saturated rings. The lowest BCUT2D eigenvalue weighted by molar-refractivity contribution is -0.137. The second-order valence-corrected chi connectivity index (χ2v) is 4.63. The van der Waals surface area contributed by atoms with E-state index >= 15 is 0 Å². The summed E-state index contributed by atoms with van der Waals surface area (Å²) in [5.41, 5.74) is -0.0739. The lowest BCUT2D eigenvalue weighted by atomic mass is 9.96. The van der Waals surface area contributed by atoms with Crippen molar-refractivity contribution < 1.29 is 22.7 Å². The van der Waals surface area contributed by atoms with E-state index in [1.807, 2.05) is 13.8 Å². The molecule has 20 heavy (non-hydrogen) atoms. The quantitative estimate of drug-likeness (QED) is 0.895. The molecule has 0 aliphatic carbocycles. The smallest absolute Gasteiger partial charge is 0.375 e. The molecular formula is C14H18F3NO2. The van der Waals surface area contributed by atoms with Crippen LogP contribution in [0.3, 0.4) is 0 Å². The SMILES string of the molecule is CCC(C)c1cc(NC(=O)COC)cc(C(F)(F)F)c1. The number of carbonyl (C=O) groups is 1. The van der Waals surface area contributed by atoms with Crippen LogP contribution in [-0.4, -0.2) is 19.6 Å². The monoisotopic (exact) mass is 289 g/mol. The highest BCUT2D eigenvalue weighted by Gasteiger charge is 2.31. The number of ether oxygens (including phenoxy) is 1. The number of amides is 1. The average Bonchev–Trinajstić information content (AvgIpc) is 2.36. The van der Waals surface area contributed by atoms with Crippen molar-refractivity contribution in [2.75, 3.05) is 19.0 Å². The summed E-state index contributed by atoms with van der Waals surface area (Å²) in [5.74, 6) is -0.502. The zero-order valence-corrected chi connectivity index (χ0v) is 11.7. The Hall–Kier alpha value is -1.56. The summed E-state index contributed by atoms with van der Waals surface area (Å²) in [6.45, 7) is 3.54. The molecule has 1 aromatic carbocycles. The van der Waals surface area contributed by atoms with E-state index in [0.717, 1.165) is 12.1 Å². The maximum absolute atomic E-state index is 12.9. The molecule has 0 saturated heterocycles. The number of halogens is 3. The summed E-state index contributed by atoms with van der Waals surface area (Å²) in [4.78, 5) is 11.4. The van der Waals surface area contributed by atoms with Crippen LogP contribution in [0.4, 0.5) is 18.9 Å². The number of alkyl halides is 3. The maximum atomic E-state index is 12.9. The molecule has 0 aliphatic rings. The molecule has 1 unspecified atom stereocenters. The average molecular weight is 289 g/mol. The first kappa shape index (κ1) is 16.5. The van der Waals surface area contributed by atoms with Crippen molar-refractivity contribution in [1.29, 1.82) is 0 Å². The van der Waals surface area contributed by atoms with E-state index in [1.54, 1.807) is 6.07 Å². The Bertz CT molecular complexity index is 472. The highest BCUT2D eigenvalue weighted by molar-refractivity contribution is 5.91. The minimum absolute atomic E-state index is 0.0182. The number of hydrogen-bond acceptors (Lipinski definition) is 2. The number of rotatable bonds is 5. The van der Waals surface area contributed by atoms with Gasteiger partial charge in [0, 0.05) is 12.8 Å². The van der Waals surface area contributed by atoms with E-state index in [1.165, 1.54) is 7.11 Å². The summed E-state index contributed by atoms with van der Waals surface area (Å²) in [6, 6.07) is 3.62. The number of hydrogen-bond donors (Lipinski definition) is 1. The van der Waals surface area contributed by atoms with E-state index in [2.05, 4.69) is 10.1 Å². The second kappa shape index (κ2) is 6.74. The van der Waals surface area contributed by atoms with E-state index in [4.69, 9.17) is 0 Å². The highest BCUT2D eigenvalue weighted by atomic mass is 19.4. The van der Waals surface area contributed by atoms with E-state index in [0.29, 0.717) is 12.0 Å². The summed E-state index contributed by atoms with van der Waals surface area (Å²) < 4.78 is 43.2. The third-order valence-electron chi connectivity index (χ3n) is 3.02.